The van der Waals surface area contributed by atoms with Gasteiger partial charge in [0.2, 0.25) is 10.0 Å². The van der Waals surface area contributed by atoms with Gasteiger partial charge in [0.15, 0.2) is 0 Å². The highest BCUT2D eigenvalue weighted by molar-refractivity contribution is 7.89. The van der Waals surface area contributed by atoms with Gasteiger partial charge in [0.1, 0.15) is 0 Å². The number of aryl methyl sites for hydroxylation is 1. The third kappa shape index (κ3) is 2.69. The first kappa shape index (κ1) is 13.8. The lowest BCUT2D eigenvalue weighted by molar-refractivity contribution is 0.0855. The van der Waals surface area contributed by atoms with Crippen molar-refractivity contribution in [1.82, 2.24) is 4.31 Å². The molecule has 0 atom stereocenters. The minimum absolute atomic E-state index is 0.0391. The van der Waals surface area contributed by atoms with Crippen molar-refractivity contribution >= 4 is 15.9 Å². The van der Waals surface area contributed by atoms with Crippen LogP contribution in [0.25, 0.3) is 0 Å². The predicted octanol–water partition coefficient (Wildman–Crippen LogP) is 2.21. The number of carbonyl (C=O) groups is 1. The van der Waals surface area contributed by atoms with E-state index in [1.807, 2.05) is 24.3 Å². The molecule has 3 rings (SSSR count). The smallest absolute Gasteiger partial charge is 0.267 e. The van der Waals surface area contributed by atoms with Crippen LogP contribution in [0.1, 0.15) is 21.5 Å². The van der Waals surface area contributed by atoms with Crippen molar-refractivity contribution in [3.63, 3.8) is 0 Å². The molecule has 0 unspecified atom stereocenters. The molecule has 1 heterocycles. The van der Waals surface area contributed by atoms with Gasteiger partial charge in [0.05, 0.1) is 12.3 Å². The van der Waals surface area contributed by atoms with E-state index in [1.54, 1.807) is 30.3 Å². The number of rotatable bonds is 1. The highest BCUT2D eigenvalue weighted by Crippen LogP contribution is 2.22. The lowest BCUT2D eigenvalue weighted by Gasteiger charge is -2.20. The Kier molecular flexibility index (Phi) is 3.51. The van der Waals surface area contributed by atoms with Crippen LogP contribution >= 0.6 is 0 Å². The Bertz CT molecular complexity index is 769. The van der Waals surface area contributed by atoms with Crippen LogP contribution in [0.2, 0.25) is 0 Å². The third-order valence-corrected chi connectivity index (χ3v) is 5.33. The molecular weight excluding hydrogens is 286 g/mol. The summed E-state index contributed by atoms with van der Waals surface area (Å²) in [5, 5.41) is 0. The fourth-order valence-electron chi connectivity index (χ4n) is 2.48. The molecular formula is C16H15NO3S. The van der Waals surface area contributed by atoms with E-state index in [-0.39, 0.29) is 12.3 Å². The standard InChI is InChI=1S/C16H15NO3S/c18-16(14-7-2-1-3-8-14)17-12-15-9-5-4-6-13(15)10-11-21(17,19)20/h1-9H,10-12H2. The third-order valence-electron chi connectivity index (χ3n) is 3.64. The highest BCUT2D eigenvalue weighted by Gasteiger charge is 2.31. The van der Waals surface area contributed by atoms with Crippen molar-refractivity contribution in [3.8, 4) is 0 Å². The van der Waals surface area contributed by atoms with E-state index in [9.17, 15) is 13.2 Å². The van der Waals surface area contributed by atoms with Crippen LogP contribution in [0.3, 0.4) is 0 Å². The van der Waals surface area contributed by atoms with E-state index in [0.717, 1.165) is 15.4 Å². The van der Waals surface area contributed by atoms with Gasteiger partial charge in [-0.1, -0.05) is 42.5 Å². The lowest BCUT2D eigenvalue weighted by atomic mass is 10.1. The molecule has 2 aromatic rings. The number of amides is 1. The molecule has 4 nitrogen and oxygen atoms in total. The molecule has 1 aliphatic heterocycles. The first-order valence-electron chi connectivity index (χ1n) is 6.74. The van der Waals surface area contributed by atoms with Gasteiger partial charge in [-0.3, -0.25) is 4.79 Å². The van der Waals surface area contributed by atoms with Gasteiger partial charge in [0, 0.05) is 5.56 Å². The van der Waals surface area contributed by atoms with E-state index in [0.29, 0.717) is 12.0 Å². The number of hydrogen-bond donors (Lipinski definition) is 0. The number of carbonyl (C=O) groups excluding carboxylic acids is 1. The van der Waals surface area contributed by atoms with Crippen LogP contribution in [0.15, 0.2) is 54.6 Å². The SMILES string of the molecule is O=C(c1ccccc1)N1Cc2ccccc2CCS1(=O)=O. The predicted molar refractivity (Wildman–Crippen MR) is 80.2 cm³/mol. The van der Waals surface area contributed by atoms with Gasteiger partial charge >= 0.3 is 0 Å². The second-order valence-corrected chi connectivity index (χ2v) is 7.03. The summed E-state index contributed by atoms with van der Waals surface area (Å²) in [6.45, 7) is 0.103. The van der Waals surface area contributed by atoms with Crippen LogP contribution in [0, 0.1) is 0 Å². The second-order valence-electron chi connectivity index (χ2n) is 5.01. The first-order valence-corrected chi connectivity index (χ1v) is 8.35. The molecule has 21 heavy (non-hydrogen) atoms. The molecule has 0 saturated carbocycles. The fraction of sp³-hybridized carbons (Fsp3) is 0.188. The average molecular weight is 301 g/mol. The number of benzene rings is 2. The van der Waals surface area contributed by atoms with Crippen molar-refractivity contribution < 1.29 is 13.2 Å². The van der Waals surface area contributed by atoms with E-state index >= 15 is 0 Å². The van der Waals surface area contributed by atoms with E-state index in [2.05, 4.69) is 0 Å². The number of fused-ring (bicyclic) bond motifs is 1. The van der Waals surface area contributed by atoms with Gasteiger partial charge < -0.3 is 0 Å². The van der Waals surface area contributed by atoms with Gasteiger partial charge in [0.25, 0.3) is 5.91 Å². The zero-order valence-corrected chi connectivity index (χ0v) is 12.2. The highest BCUT2D eigenvalue weighted by atomic mass is 32.2. The maximum Gasteiger partial charge on any atom is 0.267 e. The molecule has 0 radical (unpaired) electrons. The summed E-state index contributed by atoms with van der Waals surface area (Å²) in [6, 6.07) is 16.1. The average Bonchev–Trinajstić information content (AvgIpc) is 2.64. The Morgan fingerprint density at radius 2 is 1.52 bits per heavy atom. The molecule has 0 aromatic heterocycles. The number of hydrogen-bond acceptors (Lipinski definition) is 3. The van der Waals surface area contributed by atoms with Gasteiger partial charge in [-0.05, 0) is 29.7 Å². The molecule has 1 aliphatic rings. The summed E-state index contributed by atoms with van der Waals surface area (Å²) >= 11 is 0. The van der Waals surface area contributed by atoms with Crippen LogP contribution < -0.4 is 0 Å². The monoisotopic (exact) mass is 301 g/mol. The maximum absolute atomic E-state index is 12.5. The fourth-order valence-corrected chi connectivity index (χ4v) is 3.87. The van der Waals surface area contributed by atoms with Crippen molar-refractivity contribution in [3.05, 3.63) is 71.3 Å². The Morgan fingerprint density at radius 3 is 2.24 bits per heavy atom. The topological polar surface area (TPSA) is 54.5 Å². The van der Waals surface area contributed by atoms with Crippen LogP contribution in [-0.2, 0) is 23.0 Å². The first-order chi connectivity index (χ1) is 10.1. The summed E-state index contributed by atoms with van der Waals surface area (Å²) in [5.74, 6) is -0.505. The summed E-state index contributed by atoms with van der Waals surface area (Å²) in [4.78, 5) is 12.5. The number of nitrogens with zero attached hydrogens (tertiary/aromatic N) is 1. The molecule has 0 spiro atoms. The molecule has 0 aliphatic carbocycles. The van der Waals surface area contributed by atoms with Crippen LogP contribution in [0.5, 0.6) is 0 Å². The summed E-state index contributed by atoms with van der Waals surface area (Å²) in [6.07, 6.45) is 0.442. The summed E-state index contributed by atoms with van der Waals surface area (Å²) in [7, 11) is -3.59. The van der Waals surface area contributed by atoms with Gasteiger partial charge in [-0.2, -0.15) is 0 Å². The molecule has 0 saturated heterocycles. The lowest BCUT2D eigenvalue weighted by Crippen LogP contribution is -2.36. The Labute approximate surface area is 124 Å². The quantitative estimate of drug-likeness (QED) is 0.811. The normalized spacial score (nSPS) is 16.9. The second kappa shape index (κ2) is 5.33. The minimum Gasteiger partial charge on any atom is -0.268 e. The molecule has 5 heteroatoms. The Hall–Kier alpha value is -2.14. The van der Waals surface area contributed by atoms with Crippen molar-refractivity contribution in [2.75, 3.05) is 5.75 Å². The van der Waals surface area contributed by atoms with E-state index in [4.69, 9.17) is 0 Å². The van der Waals surface area contributed by atoms with Gasteiger partial charge in [-0.25, -0.2) is 12.7 Å². The number of sulfonamides is 1. The van der Waals surface area contributed by atoms with E-state index < -0.39 is 15.9 Å². The van der Waals surface area contributed by atoms with Crippen LogP contribution in [-0.4, -0.2) is 24.4 Å². The Balaban J connectivity index is 2.02. The van der Waals surface area contributed by atoms with Crippen molar-refractivity contribution in [2.45, 2.75) is 13.0 Å². The summed E-state index contributed by atoms with van der Waals surface area (Å²) < 4.78 is 25.8. The Morgan fingerprint density at radius 1 is 0.905 bits per heavy atom. The molecule has 0 N–H and O–H groups in total. The maximum atomic E-state index is 12.5. The van der Waals surface area contributed by atoms with Crippen molar-refractivity contribution in [2.24, 2.45) is 0 Å². The molecule has 0 fully saturated rings. The molecule has 1 amide bonds. The molecule has 2 aromatic carbocycles. The van der Waals surface area contributed by atoms with Gasteiger partial charge in [-0.15, -0.1) is 0 Å². The van der Waals surface area contributed by atoms with E-state index in [1.165, 1.54) is 0 Å². The van der Waals surface area contributed by atoms with Crippen molar-refractivity contribution in [1.29, 1.82) is 0 Å². The largest absolute Gasteiger partial charge is 0.268 e. The zero-order valence-electron chi connectivity index (χ0n) is 11.4. The minimum atomic E-state index is -3.59. The molecule has 108 valence electrons. The van der Waals surface area contributed by atoms with Crippen LogP contribution in [0.4, 0.5) is 0 Å². The summed E-state index contributed by atoms with van der Waals surface area (Å²) in [5.41, 5.74) is 2.27. The molecule has 0 bridgehead atoms. The zero-order chi connectivity index (χ0) is 14.9.